The molecule has 0 spiro atoms. The van der Waals surface area contributed by atoms with Crippen LogP contribution in [0.2, 0.25) is 0 Å². The minimum atomic E-state index is -0.489. The van der Waals surface area contributed by atoms with Gasteiger partial charge < -0.3 is 15.4 Å². The van der Waals surface area contributed by atoms with Crippen molar-refractivity contribution in [1.29, 1.82) is 0 Å². The van der Waals surface area contributed by atoms with Crippen LogP contribution in [0.1, 0.15) is 32.6 Å². The van der Waals surface area contributed by atoms with Crippen molar-refractivity contribution in [2.24, 2.45) is 0 Å². The van der Waals surface area contributed by atoms with Crippen molar-refractivity contribution in [3.8, 4) is 0 Å². The number of hydrogen-bond acceptors (Lipinski definition) is 3. The summed E-state index contributed by atoms with van der Waals surface area (Å²) in [5.41, 5.74) is 1.30. The van der Waals surface area contributed by atoms with Crippen molar-refractivity contribution in [1.82, 2.24) is 5.32 Å². The topological polar surface area (TPSA) is 79.5 Å². The van der Waals surface area contributed by atoms with Crippen LogP contribution in [0.25, 0.3) is 0 Å². The van der Waals surface area contributed by atoms with E-state index in [0.29, 0.717) is 18.0 Å². The molecule has 114 valence electrons. The van der Waals surface area contributed by atoms with E-state index < -0.39 is 6.09 Å². The number of carbonyl (C=O) groups is 2. The standard InChI is InChI=1S/C15H21N3O3/c1-2-21-15(20)18-13-9-7-12(8-10-13)17-14(19)16-11-5-3-4-6-11/h7-11H,2-6H2,1H3,(H,18,20)(H2,16,17,19). The second-order valence-electron chi connectivity index (χ2n) is 5.00. The van der Waals surface area contributed by atoms with Gasteiger partial charge in [-0.1, -0.05) is 12.8 Å². The molecule has 0 radical (unpaired) electrons. The normalized spacial score (nSPS) is 14.5. The summed E-state index contributed by atoms with van der Waals surface area (Å²) in [6.45, 7) is 2.07. The van der Waals surface area contributed by atoms with Gasteiger partial charge in [-0.2, -0.15) is 0 Å². The van der Waals surface area contributed by atoms with Crippen LogP contribution in [0, 0.1) is 0 Å². The van der Waals surface area contributed by atoms with Gasteiger partial charge in [-0.25, -0.2) is 9.59 Å². The van der Waals surface area contributed by atoms with Gasteiger partial charge in [0.25, 0.3) is 0 Å². The average Bonchev–Trinajstić information content (AvgIpc) is 2.94. The molecule has 6 heteroatoms. The first-order chi connectivity index (χ1) is 10.2. The van der Waals surface area contributed by atoms with E-state index in [9.17, 15) is 9.59 Å². The summed E-state index contributed by atoms with van der Waals surface area (Å²) in [5, 5.41) is 8.32. The maximum atomic E-state index is 11.8. The number of amides is 3. The smallest absolute Gasteiger partial charge is 0.411 e. The molecule has 0 aromatic heterocycles. The summed E-state index contributed by atoms with van der Waals surface area (Å²) in [7, 11) is 0. The number of rotatable bonds is 4. The molecular formula is C15H21N3O3. The largest absolute Gasteiger partial charge is 0.450 e. The van der Waals surface area contributed by atoms with E-state index in [1.54, 1.807) is 31.2 Å². The zero-order valence-electron chi connectivity index (χ0n) is 12.1. The summed E-state index contributed by atoms with van der Waals surface area (Å²) < 4.78 is 4.79. The number of urea groups is 1. The second kappa shape index (κ2) is 7.52. The number of ether oxygens (including phenoxy) is 1. The van der Waals surface area contributed by atoms with Crippen LogP contribution in [0.4, 0.5) is 21.0 Å². The number of hydrogen-bond donors (Lipinski definition) is 3. The van der Waals surface area contributed by atoms with Crippen LogP contribution in [-0.4, -0.2) is 24.8 Å². The summed E-state index contributed by atoms with van der Waals surface area (Å²) in [5.74, 6) is 0. The van der Waals surface area contributed by atoms with Gasteiger partial charge in [0.1, 0.15) is 0 Å². The number of carbonyl (C=O) groups excluding carboxylic acids is 2. The van der Waals surface area contributed by atoms with E-state index in [2.05, 4.69) is 16.0 Å². The zero-order valence-corrected chi connectivity index (χ0v) is 12.1. The monoisotopic (exact) mass is 291 g/mol. The molecule has 1 aromatic carbocycles. The van der Waals surface area contributed by atoms with Crippen molar-refractivity contribution in [3.05, 3.63) is 24.3 Å². The van der Waals surface area contributed by atoms with Crippen LogP contribution in [0.3, 0.4) is 0 Å². The predicted molar refractivity (Wildman–Crippen MR) is 81.5 cm³/mol. The maximum Gasteiger partial charge on any atom is 0.411 e. The van der Waals surface area contributed by atoms with Crippen LogP contribution < -0.4 is 16.0 Å². The Morgan fingerprint density at radius 2 is 1.67 bits per heavy atom. The lowest BCUT2D eigenvalue weighted by atomic mass is 10.2. The molecule has 1 aliphatic carbocycles. The first-order valence-electron chi connectivity index (χ1n) is 7.28. The van der Waals surface area contributed by atoms with Gasteiger partial charge in [0.05, 0.1) is 6.61 Å². The van der Waals surface area contributed by atoms with Crippen molar-refractivity contribution in [2.75, 3.05) is 17.2 Å². The Bertz CT molecular complexity index is 481. The Morgan fingerprint density at radius 1 is 1.10 bits per heavy atom. The molecule has 21 heavy (non-hydrogen) atoms. The third-order valence-corrected chi connectivity index (χ3v) is 3.35. The third kappa shape index (κ3) is 4.98. The highest BCUT2D eigenvalue weighted by Gasteiger charge is 2.16. The number of benzene rings is 1. The van der Waals surface area contributed by atoms with Crippen LogP contribution in [0.5, 0.6) is 0 Å². The quantitative estimate of drug-likeness (QED) is 0.796. The fourth-order valence-corrected chi connectivity index (χ4v) is 2.34. The fourth-order valence-electron chi connectivity index (χ4n) is 2.34. The molecule has 0 atom stereocenters. The molecule has 3 amide bonds. The van der Waals surface area contributed by atoms with Crippen molar-refractivity contribution in [3.63, 3.8) is 0 Å². The Labute approximate surface area is 124 Å². The Balaban J connectivity index is 1.81. The molecule has 6 nitrogen and oxygen atoms in total. The van der Waals surface area contributed by atoms with E-state index in [4.69, 9.17) is 4.74 Å². The SMILES string of the molecule is CCOC(=O)Nc1ccc(NC(=O)NC2CCCC2)cc1. The lowest BCUT2D eigenvalue weighted by molar-refractivity contribution is 0.168. The van der Waals surface area contributed by atoms with Gasteiger partial charge in [0.2, 0.25) is 0 Å². The maximum absolute atomic E-state index is 11.8. The summed E-state index contributed by atoms with van der Waals surface area (Å²) in [6, 6.07) is 6.98. The molecule has 2 rings (SSSR count). The Hall–Kier alpha value is -2.24. The zero-order chi connectivity index (χ0) is 15.1. The van der Waals surface area contributed by atoms with Gasteiger partial charge in [-0.15, -0.1) is 0 Å². The second-order valence-corrected chi connectivity index (χ2v) is 5.00. The minimum absolute atomic E-state index is 0.187. The molecule has 1 fully saturated rings. The van der Waals surface area contributed by atoms with Crippen molar-refractivity contribution >= 4 is 23.5 Å². The summed E-state index contributed by atoms with van der Waals surface area (Å²) in [4.78, 5) is 23.1. The van der Waals surface area contributed by atoms with Crippen LogP contribution in [-0.2, 0) is 4.74 Å². The summed E-state index contributed by atoms with van der Waals surface area (Å²) >= 11 is 0. The molecule has 3 N–H and O–H groups in total. The predicted octanol–water partition coefficient (Wildman–Crippen LogP) is 3.32. The van der Waals surface area contributed by atoms with Gasteiger partial charge in [-0.05, 0) is 44.0 Å². The highest BCUT2D eigenvalue weighted by Crippen LogP contribution is 2.18. The van der Waals surface area contributed by atoms with Gasteiger partial charge in [-0.3, -0.25) is 5.32 Å². The molecule has 1 saturated carbocycles. The Morgan fingerprint density at radius 3 is 2.24 bits per heavy atom. The van der Waals surface area contributed by atoms with Crippen molar-refractivity contribution in [2.45, 2.75) is 38.6 Å². The first-order valence-corrected chi connectivity index (χ1v) is 7.28. The molecule has 0 unspecified atom stereocenters. The van der Waals surface area contributed by atoms with E-state index in [0.717, 1.165) is 12.8 Å². The number of nitrogens with one attached hydrogen (secondary N) is 3. The average molecular weight is 291 g/mol. The molecular weight excluding hydrogens is 270 g/mol. The van der Waals surface area contributed by atoms with E-state index in [1.807, 2.05) is 0 Å². The van der Waals surface area contributed by atoms with Crippen LogP contribution in [0.15, 0.2) is 24.3 Å². The molecule has 0 bridgehead atoms. The lowest BCUT2D eigenvalue weighted by Crippen LogP contribution is -2.36. The van der Waals surface area contributed by atoms with Gasteiger partial charge in [0.15, 0.2) is 0 Å². The molecule has 0 heterocycles. The molecule has 0 aliphatic heterocycles. The van der Waals surface area contributed by atoms with Crippen molar-refractivity contribution < 1.29 is 14.3 Å². The highest BCUT2D eigenvalue weighted by atomic mass is 16.5. The lowest BCUT2D eigenvalue weighted by Gasteiger charge is -2.13. The summed E-state index contributed by atoms with van der Waals surface area (Å²) in [6.07, 6.45) is 3.97. The molecule has 0 saturated heterocycles. The van der Waals surface area contributed by atoms with E-state index >= 15 is 0 Å². The third-order valence-electron chi connectivity index (χ3n) is 3.35. The first kappa shape index (κ1) is 15.2. The van der Waals surface area contributed by atoms with Gasteiger partial charge in [0, 0.05) is 17.4 Å². The Kier molecular flexibility index (Phi) is 5.43. The minimum Gasteiger partial charge on any atom is -0.450 e. The number of anilines is 2. The molecule has 1 aliphatic rings. The van der Waals surface area contributed by atoms with E-state index in [-0.39, 0.29) is 12.1 Å². The van der Waals surface area contributed by atoms with E-state index in [1.165, 1.54) is 12.8 Å². The van der Waals surface area contributed by atoms with Crippen LogP contribution >= 0.6 is 0 Å². The highest BCUT2D eigenvalue weighted by molar-refractivity contribution is 5.90. The fraction of sp³-hybridized carbons (Fsp3) is 0.467. The molecule has 1 aromatic rings. The van der Waals surface area contributed by atoms with Gasteiger partial charge >= 0.3 is 12.1 Å².